The van der Waals surface area contributed by atoms with Crippen LogP contribution in [0.1, 0.15) is 12.1 Å². The van der Waals surface area contributed by atoms with E-state index < -0.39 is 10.0 Å². The lowest BCUT2D eigenvalue weighted by molar-refractivity contribution is -0.116. The molecule has 1 amide bonds. The van der Waals surface area contributed by atoms with E-state index in [0.717, 1.165) is 0 Å². The average Bonchev–Trinajstić information content (AvgIpc) is 2.78. The summed E-state index contributed by atoms with van der Waals surface area (Å²) < 4.78 is 27.1. The number of para-hydroxylation sites is 2. The van der Waals surface area contributed by atoms with Crippen molar-refractivity contribution in [3.63, 3.8) is 0 Å². The summed E-state index contributed by atoms with van der Waals surface area (Å²) in [7, 11) is -3.86. The number of benzene rings is 2. The van der Waals surface area contributed by atoms with Crippen LogP contribution in [0.5, 0.6) is 0 Å². The Labute approximate surface area is 182 Å². The molecule has 2 heterocycles. The number of aromatic amines is 1. The normalized spacial score (nSPS) is 11.2. The van der Waals surface area contributed by atoms with E-state index in [9.17, 15) is 18.0 Å². The van der Waals surface area contributed by atoms with Gasteiger partial charge in [-0.3, -0.25) is 9.59 Å². The minimum atomic E-state index is -3.86. The molecule has 0 fully saturated rings. The second-order valence-corrected chi connectivity index (χ2v) is 8.46. The number of H-pyrrole nitrogens is 1. The molecule has 0 bridgehead atoms. The summed E-state index contributed by atoms with van der Waals surface area (Å²) in [5.41, 5.74) is 1.64. The number of rotatable bonds is 7. The van der Waals surface area contributed by atoms with Gasteiger partial charge in [0.25, 0.3) is 15.6 Å². The number of sulfonamides is 1. The summed E-state index contributed by atoms with van der Waals surface area (Å²) >= 11 is 0. The molecule has 4 rings (SSSR count). The van der Waals surface area contributed by atoms with Gasteiger partial charge in [0.1, 0.15) is 5.69 Å². The first-order valence-electron chi connectivity index (χ1n) is 9.58. The maximum Gasteiger partial charge on any atom is 0.270 e. The van der Waals surface area contributed by atoms with Gasteiger partial charge in [0.15, 0.2) is 0 Å². The molecule has 0 unspecified atom stereocenters. The molecule has 2 aromatic carbocycles. The molecule has 0 saturated heterocycles. The highest BCUT2D eigenvalue weighted by Gasteiger charge is 2.16. The van der Waals surface area contributed by atoms with Gasteiger partial charge >= 0.3 is 0 Å². The highest BCUT2D eigenvalue weighted by atomic mass is 32.2. The van der Waals surface area contributed by atoms with E-state index in [1.54, 1.807) is 24.3 Å². The lowest BCUT2D eigenvalue weighted by Crippen LogP contribution is -2.19. The highest BCUT2D eigenvalue weighted by Crippen LogP contribution is 2.16. The van der Waals surface area contributed by atoms with Crippen LogP contribution < -0.4 is 15.6 Å². The van der Waals surface area contributed by atoms with Crippen molar-refractivity contribution in [1.82, 2.24) is 19.9 Å². The Bertz CT molecular complexity index is 1420. The summed E-state index contributed by atoms with van der Waals surface area (Å²) in [6.07, 6.45) is 3.05. The smallest absolute Gasteiger partial charge is 0.270 e. The van der Waals surface area contributed by atoms with Crippen molar-refractivity contribution in [2.24, 2.45) is 0 Å². The van der Waals surface area contributed by atoms with Crippen molar-refractivity contribution < 1.29 is 13.2 Å². The van der Waals surface area contributed by atoms with Gasteiger partial charge in [-0.1, -0.05) is 12.1 Å². The van der Waals surface area contributed by atoms with Crippen LogP contribution in [0.2, 0.25) is 0 Å². The van der Waals surface area contributed by atoms with Crippen LogP contribution in [0.3, 0.4) is 0 Å². The molecular formula is C21H18N6O4S. The van der Waals surface area contributed by atoms with E-state index in [1.807, 2.05) is 6.07 Å². The molecule has 4 aromatic rings. The summed E-state index contributed by atoms with van der Waals surface area (Å²) in [6.45, 7) is 0. The number of hydrogen-bond donors (Lipinski definition) is 3. The van der Waals surface area contributed by atoms with Crippen molar-refractivity contribution in [1.29, 1.82) is 0 Å². The number of fused-ring (bicyclic) bond motifs is 1. The van der Waals surface area contributed by atoms with Gasteiger partial charge in [-0.05, 0) is 42.5 Å². The maximum atomic E-state index is 12.4. The number of anilines is 2. The van der Waals surface area contributed by atoms with Crippen LogP contribution in [0.15, 0.2) is 76.7 Å². The largest absolute Gasteiger partial charge is 0.326 e. The van der Waals surface area contributed by atoms with E-state index in [0.29, 0.717) is 16.7 Å². The quantitative estimate of drug-likeness (QED) is 0.390. The Morgan fingerprint density at radius 3 is 2.44 bits per heavy atom. The molecule has 0 atom stereocenters. The summed E-state index contributed by atoms with van der Waals surface area (Å²) in [4.78, 5) is 39.1. The molecule has 0 radical (unpaired) electrons. The lowest BCUT2D eigenvalue weighted by Gasteiger charge is -2.08. The highest BCUT2D eigenvalue weighted by molar-refractivity contribution is 7.92. The van der Waals surface area contributed by atoms with Gasteiger partial charge in [0.2, 0.25) is 11.9 Å². The van der Waals surface area contributed by atoms with Crippen molar-refractivity contribution in [3.8, 4) is 0 Å². The molecule has 2 aromatic heterocycles. The number of carbonyl (C=O) groups excluding carboxylic acids is 1. The molecule has 11 heteroatoms. The van der Waals surface area contributed by atoms with E-state index >= 15 is 0 Å². The second kappa shape index (κ2) is 8.94. The predicted octanol–water partition coefficient (Wildman–Crippen LogP) is 2.09. The Morgan fingerprint density at radius 1 is 0.969 bits per heavy atom. The number of amides is 1. The first-order chi connectivity index (χ1) is 15.4. The summed E-state index contributed by atoms with van der Waals surface area (Å²) in [5.74, 6) is -0.368. The first-order valence-corrected chi connectivity index (χ1v) is 11.1. The molecule has 32 heavy (non-hydrogen) atoms. The first kappa shape index (κ1) is 21.1. The van der Waals surface area contributed by atoms with Gasteiger partial charge < -0.3 is 10.3 Å². The van der Waals surface area contributed by atoms with Crippen molar-refractivity contribution in [2.45, 2.75) is 17.7 Å². The molecule has 0 spiro atoms. The van der Waals surface area contributed by atoms with E-state index in [4.69, 9.17) is 0 Å². The maximum absolute atomic E-state index is 12.4. The number of aromatic nitrogens is 4. The Hall–Kier alpha value is -4.12. The fourth-order valence-electron chi connectivity index (χ4n) is 2.94. The van der Waals surface area contributed by atoms with E-state index in [1.165, 1.54) is 36.7 Å². The standard InChI is InChI=1S/C21H18N6O4S/c28-19(11-10-18-20(29)26-17-5-2-1-4-16(17)25-18)24-14-6-8-15(9-7-14)32(30,31)27-21-22-12-3-13-23-21/h1-9,12-13H,10-11H2,(H,24,28)(H,26,29)(H,22,23,27). The average molecular weight is 450 g/mol. The van der Waals surface area contributed by atoms with Gasteiger partial charge in [-0.2, -0.15) is 0 Å². The Morgan fingerprint density at radius 2 is 1.69 bits per heavy atom. The van der Waals surface area contributed by atoms with Crippen LogP contribution in [0, 0.1) is 0 Å². The fourth-order valence-corrected chi connectivity index (χ4v) is 3.90. The summed E-state index contributed by atoms with van der Waals surface area (Å²) in [5, 5.41) is 2.68. The van der Waals surface area contributed by atoms with Crippen molar-refractivity contribution >= 4 is 38.6 Å². The summed E-state index contributed by atoms with van der Waals surface area (Å²) in [6, 6.07) is 14.4. The van der Waals surface area contributed by atoms with Gasteiger partial charge in [-0.15, -0.1) is 0 Å². The molecule has 3 N–H and O–H groups in total. The molecule has 0 aliphatic rings. The van der Waals surface area contributed by atoms with Crippen LogP contribution in [-0.4, -0.2) is 34.3 Å². The SMILES string of the molecule is O=C(CCc1nc2ccccc2[nH]c1=O)Nc1ccc(S(=O)(=O)Nc2ncccn2)cc1. The number of nitrogens with one attached hydrogen (secondary N) is 3. The topological polar surface area (TPSA) is 147 Å². The Balaban J connectivity index is 1.38. The second-order valence-electron chi connectivity index (χ2n) is 6.78. The van der Waals surface area contributed by atoms with Gasteiger partial charge in [-0.25, -0.2) is 28.1 Å². The molecule has 0 aliphatic carbocycles. The number of aryl methyl sites for hydroxylation is 1. The van der Waals surface area contributed by atoms with Crippen molar-refractivity contribution in [2.75, 3.05) is 10.0 Å². The van der Waals surface area contributed by atoms with Gasteiger partial charge in [0.05, 0.1) is 15.9 Å². The monoisotopic (exact) mass is 450 g/mol. The van der Waals surface area contributed by atoms with Crippen LogP contribution >= 0.6 is 0 Å². The third kappa shape index (κ3) is 4.95. The van der Waals surface area contributed by atoms with Crippen LogP contribution in [-0.2, 0) is 21.2 Å². The molecule has 162 valence electrons. The zero-order chi connectivity index (χ0) is 22.6. The van der Waals surface area contributed by atoms with E-state index in [2.05, 4.69) is 30.0 Å². The number of carbonyl (C=O) groups is 1. The molecular weight excluding hydrogens is 432 g/mol. The van der Waals surface area contributed by atoms with Crippen LogP contribution in [0.25, 0.3) is 11.0 Å². The minimum absolute atomic E-state index is 0.00477. The van der Waals surface area contributed by atoms with Crippen LogP contribution in [0.4, 0.5) is 11.6 Å². The molecule has 0 aliphatic heterocycles. The third-order valence-corrected chi connectivity index (χ3v) is 5.84. The minimum Gasteiger partial charge on any atom is -0.326 e. The zero-order valence-corrected chi connectivity index (χ0v) is 17.5. The molecule has 0 saturated carbocycles. The zero-order valence-electron chi connectivity index (χ0n) is 16.6. The molecule has 10 nitrogen and oxygen atoms in total. The fraction of sp³-hybridized carbons (Fsp3) is 0.0952. The van der Waals surface area contributed by atoms with E-state index in [-0.39, 0.29) is 40.8 Å². The van der Waals surface area contributed by atoms with Gasteiger partial charge in [0, 0.05) is 30.9 Å². The Kier molecular flexibility index (Phi) is 5.90. The lowest BCUT2D eigenvalue weighted by atomic mass is 10.2. The number of hydrogen-bond acceptors (Lipinski definition) is 7. The van der Waals surface area contributed by atoms with Crippen molar-refractivity contribution in [3.05, 3.63) is 83.0 Å². The third-order valence-electron chi connectivity index (χ3n) is 4.50. The number of nitrogens with zero attached hydrogens (tertiary/aromatic N) is 3. The predicted molar refractivity (Wildman–Crippen MR) is 119 cm³/mol.